The molecule has 1 aromatic heterocycles. The number of hydrogen-bond acceptors (Lipinski definition) is 3. The summed E-state index contributed by atoms with van der Waals surface area (Å²) in [6.07, 6.45) is 0. The molecule has 4 nitrogen and oxygen atoms in total. The van der Waals surface area contributed by atoms with Crippen molar-refractivity contribution in [2.24, 2.45) is 0 Å². The number of nitrogens with two attached hydrogens (primary N) is 1. The predicted molar refractivity (Wildman–Crippen MR) is 75.5 cm³/mol. The minimum Gasteiger partial charge on any atom is -0.398 e. The van der Waals surface area contributed by atoms with Gasteiger partial charge >= 0.3 is 0 Å². The van der Waals surface area contributed by atoms with Crippen LogP contribution in [0.3, 0.4) is 0 Å². The van der Waals surface area contributed by atoms with Gasteiger partial charge in [-0.25, -0.2) is 0 Å². The van der Waals surface area contributed by atoms with Gasteiger partial charge in [0.05, 0.1) is 0 Å². The van der Waals surface area contributed by atoms with Crippen molar-refractivity contribution in [3.05, 3.63) is 30.0 Å². The maximum atomic E-state index is 5.98. The van der Waals surface area contributed by atoms with Crippen molar-refractivity contribution in [2.45, 2.75) is 6.54 Å². The highest BCUT2D eigenvalue weighted by Crippen LogP contribution is 2.22. The van der Waals surface area contributed by atoms with Gasteiger partial charge in [0.2, 0.25) is 0 Å². The molecule has 0 saturated carbocycles. The number of nitrogens with one attached hydrogen (secondary N) is 1. The lowest BCUT2D eigenvalue weighted by Gasteiger charge is -2.31. The zero-order valence-electron chi connectivity index (χ0n) is 10.8. The number of piperazine rings is 1. The molecule has 0 aliphatic carbocycles. The fraction of sp³-hybridized carbons (Fsp3) is 0.429. The van der Waals surface area contributed by atoms with Crippen LogP contribution < -0.4 is 5.73 Å². The molecule has 0 amide bonds. The van der Waals surface area contributed by atoms with Gasteiger partial charge in [-0.1, -0.05) is 6.07 Å². The Morgan fingerprint density at radius 3 is 2.72 bits per heavy atom. The van der Waals surface area contributed by atoms with Gasteiger partial charge in [-0.2, -0.15) is 0 Å². The third-order valence-electron chi connectivity index (χ3n) is 3.74. The molecule has 1 fully saturated rings. The van der Waals surface area contributed by atoms with Gasteiger partial charge in [0.15, 0.2) is 0 Å². The molecule has 4 heteroatoms. The molecule has 18 heavy (non-hydrogen) atoms. The lowest BCUT2D eigenvalue weighted by Crippen LogP contribution is -2.43. The molecule has 96 valence electrons. The van der Waals surface area contributed by atoms with Crippen LogP contribution in [0.1, 0.15) is 5.69 Å². The van der Waals surface area contributed by atoms with Crippen molar-refractivity contribution in [3.8, 4) is 0 Å². The fourth-order valence-electron chi connectivity index (χ4n) is 2.57. The number of nitrogens with zero attached hydrogens (tertiary/aromatic N) is 2. The van der Waals surface area contributed by atoms with E-state index in [4.69, 9.17) is 5.73 Å². The van der Waals surface area contributed by atoms with Crippen LogP contribution in [0.25, 0.3) is 10.9 Å². The smallest absolute Gasteiger partial charge is 0.0477 e. The van der Waals surface area contributed by atoms with Crippen LogP contribution >= 0.6 is 0 Å². The number of anilines is 1. The largest absolute Gasteiger partial charge is 0.398 e. The molecule has 0 spiro atoms. The van der Waals surface area contributed by atoms with Gasteiger partial charge in [-0.05, 0) is 25.2 Å². The lowest BCUT2D eigenvalue weighted by molar-refractivity contribution is 0.147. The number of fused-ring (bicyclic) bond motifs is 1. The molecule has 3 N–H and O–H groups in total. The predicted octanol–water partition coefficient (Wildman–Crippen LogP) is 1.50. The van der Waals surface area contributed by atoms with Crippen molar-refractivity contribution < 1.29 is 0 Å². The molecule has 1 aromatic carbocycles. The number of rotatable bonds is 2. The Labute approximate surface area is 107 Å². The first-order valence-electron chi connectivity index (χ1n) is 6.49. The molecule has 1 aliphatic heterocycles. The quantitative estimate of drug-likeness (QED) is 0.787. The number of aromatic amines is 1. The Hall–Kier alpha value is -1.52. The Kier molecular flexibility index (Phi) is 2.97. The first-order valence-corrected chi connectivity index (χ1v) is 6.49. The van der Waals surface area contributed by atoms with E-state index in [1.807, 2.05) is 12.1 Å². The highest BCUT2D eigenvalue weighted by atomic mass is 15.2. The third-order valence-corrected chi connectivity index (χ3v) is 3.74. The second-order valence-corrected chi connectivity index (χ2v) is 5.18. The molecule has 3 rings (SSSR count). The van der Waals surface area contributed by atoms with E-state index in [2.05, 4.69) is 34.0 Å². The topological polar surface area (TPSA) is 48.3 Å². The van der Waals surface area contributed by atoms with Crippen molar-refractivity contribution in [1.82, 2.24) is 14.8 Å². The summed E-state index contributed by atoms with van der Waals surface area (Å²) < 4.78 is 0. The van der Waals surface area contributed by atoms with E-state index in [9.17, 15) is 0 Å². The van der Waals surface area contributed by atoms with Crippen LogP contribution in [0.5, 0.6) is 0 Å². The van der Waals surface area contributed by atoms with Crippen molar-refractivity contribution >= 4 is 16.6 Å². The monoisotopic (exact) mass is 244 g/mol. The van der Waals surface area contributed by atoms with Crippen molar-refractivity contribution in [3.63, 3.8) is 0 Å². The van der Waals surface area contributed by atoms with Gasteiger partial charge < -0.3 is 15.6 Å². The number of aromatic nitrogens is 1. The summed E-state index contributed by atoms with van der Waals surface area (Å²) in [5.41, 5.74) is 9.23. The van der Waals surface area contributed by atoms with Gasteiger partial charge in [-0.3, -0.25) is 4.90 Å². The van der Waals surface area contributed by atoms with Gasteiger partial charge in [0, 0.05) is 55.0 Å². The standard InChI is InChI=1S/C14H20N4/c1-17-5-7-18(8-6-17)10-11-9-12-13(15)3-2-4-14(12)16-11/h2-4,9,16H,5-8,10,15H2,1H3. The van der Waals surface area contributed by atoms with E-state index >= 15 is 0 Å². The second-order valence-electron chi connectivity index (χ2n) is 5.18. The molecule has 2 heterocycles. The van der Waals surface area contributed by atoms with Crippen LogP contribution in [0.2, 0.25) is 0 Å². The van der Waals surface area contributed by atoms with Gasteiger partial charge in [0.25, 0.3) is 0 Å². The summed E-state index contributed by atoms with van der Waals surface area (Å²) in [6.45, 7) is 5.58. The minimum absolute atomic E-state index is 0.855. The molecule has 0 unspecified atom stereocenters. The Balaban J connectivity index is 1.77. The summed E-state index contributed by atoms with van der Waals surface area (Å²) in [4.78, 5) is 8.32. The highest BCUT2D eigenvalue weighted by Gasteiger charge is 2.14. The van der Waals surface area contributed by atoms with Crippen LogP contribution in [-0.4, -0.2) is 48.0 Å². The molecule has 0 radical (unpaired) electrons. The van der Waals surface area contributed by atoms with E-state index in [0.717, 1.165) is 49.3 Å². The van der Waals surface area contributed by atoms with E-state index in [-0.39, 0.29) is 0 Å². The van der Waals surface area contributed by atoms with Crippen LogP contribution in [0.15, 0.2) is 24.3 Å². The van der Waals surface area contributed by atoms with E-state index < -0.39 is 0 Å². The van der Waals surface area contributed by atoms with Crippen molar-refractivity contribution in [2.75, 3.05) is 39.0 Å². The van der Waals surface area contributed by atoms with E-state index in [1.54, 1.807) is 0 Å². The summed E-state index contributed by atoms with van der Waals surface area (Å²) in [5.74, 6) is 0. The average molecular weight is 244 g/mol. The maximum Gasteiger partial charge on any atom is 0.0477 e. The number of likely N-dealkylation sites (N-methyl/N-ethyl adjacent to an activating group) is 1. The molecular weight excluding hydrogens is 224 g/mol. The van der Waals surface area contributed by atoms with E-state index in [0.29, 0.717) is 0 Å². The van der Waals surface area contributed by atoms with Crippen molar-refractivity contribution in [1.29, 1.82) is 0 Å². The molecule has 1 saturated heterocycles. The maximum absolute atomic E-state index is 5.98. The average Bonchev–Trinajstić information content (AvgIpc) is 2.76. The zero-order valence-corrected chi connectivity index (χ0v) is 10.8. The molecule has 0 atom stereocenters. The normalized spacial score (nSPS) is 18.5. The number of H-pyrrole nitrogens is 1. The third kappa shape index (κ3) is 2.21. The second kappa shape index (κ2) is 4.63. The highest BCUT2D eigenvalue weighted by molar-refractivity contribution is 5.91. The molecule has 1 aliphatic rings. The Bertz CT molecular complexity index is 538. The van der Waals surface area contributed by atoms with Crippen LogP contribution in [0.4, 0.5) is 5.69 Å². The van der Waals surface area contributed by atoms with E-state index in [1.165, 1.54) is 5.69 Å². The first kappa shape index (κ1) is 11.6. The molecular formula is C14H20N4. The summed E-state index contributed by atoms with van der Waals surface area (Å²) in [6, 6.07) is 8.21. The zero-order chi connectivity index (χ0) is 12.5. The Morgan fingerprint density at radius 2 is 2.00 bits per heavy atom. The molecule has 2 aromatic rings. The van der Waals surface area contributed by atoms with Crippen LogP contribution in [0, 0.1) is 0 Å². The Morgan fingerprint density at radius 1 is 1.22 bits per heavy atom. The summed E-state index contributed by atoms with van der Waals surface area (Å²) >= 11 is 0. The minimum atomic E-state index is 0.855. The van der Waals surface area contributed by atoms with Crippen LogP contribution in [-0.2, 0) is 6.54 Å². The summed E-state index contributed by atoms with van der Waals surface area (Å²) in [5, 5.41) is 1.14. The number of hydrogen-bond donors (Lipinski definition) is 2. The number of benzene rings is 1. The number of nitrogen functional groups attached to an aromatic ring is 1. The SMILES string of the molecule is CN1CCN(Cc2cc3c(N)cccc3[nH]2)CC1. The van der Waals surface area contributed by atoms with Gasteiger partial charge in [0.1, 0.15) is 0 Å². The molecule has 0 bridgehead atoms. The fourth-order valence-corrected chi connectivity index (χ4v) is 2.57. The van der Waals surface area contributed by atoms with Gasteiger partial charge in [-0.15, -0.1) is 0 Å². The summed E-state index contributed by atoms with van der Waals surface area (Å²) in [7, 11) is 2.18. The lowest BCUT2D eigenvalue weighted by atomic mass is 10.2. The first-order chi connectivity index (χ1) is 8.72.